The number of carbonyl (C=O) groups is 3. The lowest BCUT2D eigenvalue weighted by Gasteiger charge is -2.27. The molecule has 7 heteroatoms. The summed E-state index contributed by atoms with van der Waals surface area (Å²) < 4.78 is 5.68. The van der Waals surface area contributed by atoms with Crippen LogP contribution in [0.15, 0.2) is 48.5 Å². The Morgan fingerprint density at radius 3 is 2.17 bits per heavy atom. The standard InChI is InChI=1S/C28H32N2O5/c31-25(30-28(26(32)33)14-5-6-15-28)16-18-8-7-13-24(18)29-27(34)35-17-23-21-11-3-1-9-19(21)20-10-2-4-12-22(20)23/h1-4,9-12,18,23-24H,5-8,13-17H2,(H,29,34)(H,30,31)(H,32,33)/t18-,24+/m0/s1. The number of aliphatic carboxylic acids is 1. The van der Waals surface area contributed by atoms with Crippen LogP contribution in [0.5, 0.6) is 0 Å². The number of hydrogen-bond acceptors (Lipinski definition) is 4. The number of carboxylic acid groups (broad SMARTS) is 1. The van der Waals surface area contributed by atoms with Crippen molar-refractivity contribution in [1.82, 2.24) is 10.6 Å². The summed E-state index contributed by atoms with van der Waals surface area (Å²) in [5.41, 5.74) is 3.55. The Hall–Kier alpha value is -3.35. The molecule has 0 unspecified atom stereocenters. The van der Waals surface area contributed by atoms with Gasteiger partial charge in [0.1, 0.15) is 12.1 Å². The van der Waals surface area contributed by atoms with Crippen LogP contribution in [-0.4, -0.2) is 41.3 Å². The predicted octanol–water partition coefficient (Wildman–Crippen LogP) is 4.60. The maximum Gasteiger partial charge on any atom is 0.407 e. The number of alkyl carbamates (subject to hydrolysis) is 1. The van der Waals surface area contributed by atoms with Crippen molar-refractivity contribution in [2.75, 3.05) is 6.61 Å². The molecule has 2 aromatic rings. The van der Waals surface area contributed by atoms with Crippen LogP contribution in [0.25, 0.3) is 11.1 Å². The van der Waals surface area contributed by atoms with Gasteiger partial charge in [-0.2, -0.15) is 0 Å². The van der Waals surface area contributed by atoms with Crippen molar-refractivity contribution in [3.05, 3.63) is 59.7 Å². The molecule has 0 bridgehead atoms. The highest BCUT2D eigenvalue weighted by molar-refractivity contribution is 5.87. The Balaban J connectivity index is 1.17. The summed E-state index contributed by atoms with van der Waals surface area (Å²) in [7, 11) is 0. The first-order chi connectivity index (χ1) is 17.0. The zero-order valence-electron chi connectivity index (χ0n) is 19.8. The van der Waals surface area contributed by atoms with E-state index in [1.54, 1.807) is 0 Å². The summed E-state index contributed by atoms with van der Waals surface area (Å²) in [5, 5.41) is 15.4. The highest BCUT2D eigenvalue weighted by Gasteiger charge is 2.43. The molecule has 2 saturated carbocycles. The molecule has 2 fully saturated rings. The van der Waals surface area contributed by atoms with Crippen LogP contribution in [0.1, 0.15) is 68.4 Å². The zero-order chi connectivity index (χ0) is 24.4. The van der Waals surface area contributed by atoms with Crippen molar-refractivity contribution in [2.24, 2.45) is 5.92 Å². The number of rotatable bonds is 7. The average molecular weight is 477 g/mol. The normalized spacial score (nSPS) is 22.3. The molecule has 3 aliphatic carbocycles. The van der Waals surface area contributed by atoms with E-state index in [-0.39, 0.29) is 36.8 Å². The van der Waals surface area contributed by atoms with Gasteiger partial charge in [0.15, 0.2) is 0 Å². The fourth-order valence-corrected chi connectivity index (χ4v) is 6.19. The molecule has 7 nitrogen and oxygen atoms in total. The molecule has 0 spiro atoms. The van der Waals surface area contributed by atoms with Crippen LogP contribution in [0.4, 0.5) is 4.79 Å². The van der Waals surface area contributed by atoms with Gasteiger partial charge in [0.2, 0.25) is 5.91 Å². The molecule has 2 amide bonds. The van der Waals surface area contributed by atoms with Crippen molar-refractivity contribution in [1.29, 1.82) is 0 Å². The number of hydrogen-bond donors (Lipinski definition) is 3. The van der Waals surface area contributed by atoms with Gasteiger partial charge in [-0.15, -0.1) is 0 Å². The van der Waals surface area contributed by atoms with Crippen LogP contribution in [0, 0.1) is 5.92 Å². The van der Waals surface area contributed by atoms with Crippen LogP contribution in [0.2, 0.25) is 0 Å². The molecule has 35 heavy (non-hydrogen) atoms. The summed E-state index contributed by atoms with van der Waals surface area (Å²) in [6, 6.07) is 16.3. The molecule has 0 radical (unpaired) electrons. The van der Waals surface area contributed by atoms with Crippen LogP contribution < -0.4 is 10.6 Å². The maximum atomic E-state index is 12.7. The Morgan fingerprint density at radius 2 is 1.54 bits per heavy atom. The molecule has 0 aliphatic heterocycles. The van der Waals surface area contributed by atoms with Crippen molar-refractivity contribution < 1.29 is 24.2 Å². The average Bonchev–Trinajstić information content (AvgIpc) is 3.57. The smallest absolute Gasteiger partial charge is 0.407 e. The molecule has 3 aliphatic rings. The highest BCUT2D eigenvalue weighted by atomic mass is 16.5. The molecular weight excluding hydrogens is 444 g/mol. The number of ether oxygens (including phenoxy) is 1. The molecule has 0 saturated heterocycles. The van der Waals surface area contributed by atoms with Crippen molar-refractivity contribution in [3.8, 4) is 11.1 Å². The number of nitrogens with one attached hydrogen (secondary N) is 2. The van der Waals surface area contributed by atoms with Crippen LogP contribution >= 0.6 is 0 Å². The Kier molecular flexibility index (Phi) is 6.50. The van der Waals surface area contributed by atoms with Crippen LogP contribution in [0.3, 0.4) is 0 Å². The molecule has 0 heterocycles. The Morgan fingerprint density at radius 1 is 0.914 bits per heavy atom. The second kappa shape index (κ2) is 9.72. The summed E-state index contributed by atoms with van der Waals surface area (Å²) in [6.07, 6.45) is 4.82. The SMILES string of the molecule is O=C(C[C@@H]1CCC[C@H]1NC(=O)OCC1c2ccccc2-c2ccccc21)NC1(C(=O)O)CCCC1. The first kappa shape index (κ1) is 23.4. The van der Waals surface area contributed by atoms with Gasteiger partial charge in [0, 0.05) is 18.4 Å². The van der Waals surface area contributed by atoms with Crippen molar-refractivity contribution in [3.63, 3.8) is 0 Å². The summed E-state index contributed by atoms with van der Waals surface area (Å²) in [5.74, 6) is -1.23. The second-order valence-corrected chi connectivity index (χ2v) is 10.1. The summed E-state index contributed by atoms with van der Waals surface area (Å²) >= 11 is 0. The number of amides is 2. The topological polar surface area (TPSA) is 105 Å². The van der Waals surface area contributed by atoms with E-state index in [0.717, 1.165) is 43.2 Å². The van der Waals surface area contributed by atoms with Gasteiger partial charge in [0.05, 0.1) is 0 Å². The third-order valence-corrected chi connectivity index (χ3v) is 8.00. The van der Waals surface area contributed by atoms with E-state index < -0.39 is 17.6 Å². The van der Waals surface area contributed by atoms with E-state index in [2.05, 4.69) is 34.9 Å². The number of carbonyl (C=O) groups excluding carboxylic acids is 2. The number of benzene rings is 2. The molecular formula is C28H32N2O5. The molecule has 0 aromatic heterocycles. The van der Waals surface area contributed by atoms with Gasteiger partial charge in [-0.1, -0.05) is 67.8 Å². The lowest BCUT2D eigenvalue weighted by molar-refractivity contribution is -0.147. The van der Waals surface area contributed by atoms with Crippen LogP contribution in [-0.2, 0) is 14.3 Å². The lowest BCUT2D eigenvalue weighted by atomic mass is 9.95. The van der Waals surface area contributed by atoms with E-state index in [4.69, 9.17) is 4.74 Å². The second-order valence-electron chi connectivity index (χ2n) is 10.1. The Labute approximate surface area is 205 Å². The molecule has 184 valence electrons. The quantitative estimate of drug-likeness (QED) is 0.542. The van der Waals surface area contributed by atoms with E-state index in [0.29, 0.717) is 12.8 Å². The van der Waals surface area contributed by atoms with Gasteiger partial charge < -0.3 is 20.5 Å². The highest BCUT2D eigenvalue weighted by Crippen LogP contribution is 2.44. The largest absolute Gasteiger partial charge is 0.480 e. The number of carboxylic acids is 1. The first-order valence-corrected chi connectivity index (χ1v) is 12.6. The molecule has 5 rings (SSSR count). The predicted molar refractivity (Wildman–Crippen MR) is 131 cm³/mol. The molecule has 3 N–H and O–H groups in total. The summed E-state index contributed by atoms with van der Waals surface area (Å²) in [6.45, 7) is 0.249. The lowest BCUT2D eigenvalue weighted by Crippen LogP contribution is -2.53. The van der Waals surface area contributed by atoms with E-state index in [1.807, 2.05) is 24.3 Å². The van der Waals surface area contributed by atoms with Gasteiger partial charge in [-0.05, 0) is 53.9 Å². The van der Waals surface area contributed by atoms with Gasteiger partial charge in [-0.3, -0.25) is 4.79 Å². The third-order valence-electron chi connectivity index (χ3n) is 8.00. The van der Waals surface area contributed by atoms with Crippen molar-refractivity contribution in [2.45, 2.75) is 68.9 Å². The van der Waals surface area contributed by atoms with Gasteiger partial charge in [0.25, 0.3) is 0 Å². The maximum absolute atomic E-state index is 12.7. The first-order valence-electron chi connectivity index (χ1n) is 12.6. The minimum Gasteiger partial charge on any atom is -0.480 e. The Bertz CT molecular complexity index is 1080. The monoisotopic (exact) mass is 476 g/mol. The summed E-state index contributed by atoms with van der Waals surface area (Å²) in [4.78, 5) is 37.2. The molecule has 2 atom stereocenters. The molecule has 2 aromatic carbocycles. The fourth-order valence-electron chi connectivity index (χ4n) is 6.19. The number of fused-ring (bicyclic) bond motifs is 3. The zero-order valence-corrected chi connectivity index (χ0v) is 19.8. The van der Waals surface area contributed by atoms with E-state index >= 15 is 0 Å². The minimum atomic E-state index is -1.13. The van der Waals surface area contributed by atoms with Gasteiger partial charge in [-0.25, -0.2) is 9.59 Å². The fraction of sp³-hybridized carbons (Fsp3) is 0.464. The van der Waals surface area contributed by atoms with E-state index in [9.17, 15) is 19.5 Å². The van der Waals surface area contributed by atoms with Crippen molar-refractivity contribution >= 4 is 18.0 Å². The van der Waals surface area contributed by atoms with E-state index in [1.165, 1.54) is 11.1 Å². The van der Waals surface area contributed by atoms with Gasteiger partial charge >= 0.3 is 12.1 Å². The third kappa shape index (κ3) is 4.64. The minimum absolute atomic E-state index is 0.00285.